The summed E-state index contributed by atoms with van der Waals surface area (Å²) in [6.45, 7) is 2.02. The first kappa shape index (κ1) is 15.7. The fraction of sp³-hybridized carbons (Fsp3) is 0.412. The Kier molecular flexibility index (Phi) is 4.28. The Hall–Kier alpha value is -1.86. The molecule has 0 spiro atoms. The summed E-state index contributed by atoms with van der Waals surface area (Å²) in [6, 6.07) is 3.82. The molecule has 4 rings (SSSR count). The van der Waals surface area contributed by atoms with Crippen LogP contribution in [0, 0.1) is 11.6 Å². The third-order valence-corrected chi connectivity index (χ3v) is 5.70. The molecule has 2 aromatic rings. The largest absolute Gasteiger partial charge is 0.387 e. The highest BCUT2D eigenvalue weighted by molar-refractivity contribution is 7.13. The van der Waals surface area contributed by atoms with Gasteiger partial charge in [0.15, 0.2) is 6.10 Å². The molecule has 1 fully saturated rings. The number of hydrogen-bond acceptors (Lipinski definition) is 5. The van der Waals surface area contributed by atoms with Crippen LogP contribution >= 0.6 is 11.3 Å². The zero-order valence-electron chi connectivity index (χ0n) is 13.0. The van der Waals surface area contributed by atoms with Crippen molar-refractivity contribution >= 4 is 17.0 Å². The molecule has 4 nitrogen and oxygen atoms in total. The zero-order chi connectivity index (χ0) is 16.5. The van der Waals surface area contributed by atoms with Crippen molar-refractivity contribution in [2.45, 2.75) is 31.3 Å². The number of hydrogen-bond donors (Lipinski definition) is 1. The maximum absolute atomic E-state index is 13.9. The summed E-state index contributed by atoms with van der Waals surface area (Å²) in [7, 11) is 0. The maximum Gasteiger partial charge on any atom is 0.163 e. The molecular weight excluding hydrogens is 332 g/mol. The molecule has 0 saturated carbocycles. The predicted octanol–water partition coefficient (Wildman–Crippen LogP) is 3.75. The van der Waals surface area contributed by atoms with Crippen LogP contribution in [-0.4, -0.2) is 23.8 Å². The smallest absolute Gasteiger partial charge is 0.163 e. The molecule has 3 heterocycles. The number of piperidine rings is 1. The Labute approximate surface area is 142 Å². The number of nitrogens with zero attached hydrogens (tertiary/aromatic N) is 2. The molecule has 2 aliphatic rings. The van der Waals surface area contributed by atoms with Gasteiger partial charge >= 0.3 is 0 Å². The van der Waals surface area contributed by atoms with Gasteiger partial charge in [0.2, 0.25) is 0 Å². The molecule has 7 heteroatoms. The van der Waals surface area contributed by atoms with Gasteiger partial charge in [-0.05, 0) is 38.1 Å². The van der Waals surface area contributed by atoms with Crippen LogP contribution in [0.5, 0.6) is 0 Å². The number of thiazole rings is 1. The molecule has 126 valence electrons. The van der Waals surface area contributed by atoms with E-state index >= 15 is 0 Å². The van der Waals surface area contributed by atoms with E-state index < -0.39 is 17.7 Å². The summed E-state index contributed by atoms with van der Waals surface area (Å²) in [5.41, 5.74) is 0.652. The van der Waals surface area contributed by atoms with Gasteiger partial charge in [-0.15, -0.1) is 11.3 Å². The van der Waals surface area contributed by atoms with E-state index in [1.807, 2.05) is 0 Å². The number of rotatable bonds is 3. The number of nitrogens with one attached hydrogen (secondary N) is 1. The average molecular weight is 349 g/mol. The van der Waals surface area contributed by atoms with Crippen molar-refractivity contribution in [3.05, 3.63) is 51.5 Å². The molecule has 2 aliphatic heterocycles. The van der Waals surface area contributed by atoms with E-state index in [0.717, 1.165) is 35.8 Å². The van der Waals surface area contributed by atoms with Crippen molar-refractivity contribution in [1.29, 1.82) is 0 Å². The quantitative estimate of drug-likeness (QED) is 0.918. The molecule has 1 unspecified atom stereocenters. The molecular formula is C17H17F2N3OS. The summed E-state index contributed by atoms with van der Waals surface area (Å²) in [5.74, 6) is -0.722. The first-order valence-electron chi connectivity index (χ1n) is 8.06. The molecule has 0 aliphatic carbocycles. The Bertz CT molecular complexity index is 751. The summed E-state index contributed by atoms with van der Waals surface area (Å²) in [6.07, 6.45) is 3.60. The Morgan fingerprint density at radius 3 is 2.67 bits per heavy atom. The SMILES string of the molecule is Fc1cccc(F)c1C1CC(c2cnc(C3CCNCC3)s2)=NO1. The van der Waals surface area contributed by atoms with Crippen LogP contribution in [0.2, 0.25) is 0 Å². The summed E-state index contributed by atoms with van der Waals surface area (Å²) < 4.78 is 27.8. The Morgan fingerprint density at radius 2 is 1.92 bits per heavy atom. The van der Waals surface area contributed by atoms with Crippen molar-refractivity contribution in [3.8, 4) is 0 Å². The second-order valence-electron chi connectivity index (χ2n) is 6.06. The highest BCUT2D eigenvalue weighted by Gasteiger charge is 2.30. The van der Waals surface area contributed by atoms with E-state index in [2.05, 4.69) is 15.5 Å². The number of aromatic nitrogens is 1. The van der Waals surface area contributed by atoms with E-state index in [1.54, 1.807) is 17.5 Å². The molecule has 0 bridgehead atoms. The number of benzene rings is 1. The maximum atomic E-state index is 13.9. The molecule has 0 amide bonds. The van der Waals surface area contributed by atoms with E-state index in [0.29, 0.717) is 18.1 Å². The van der Waals surface area contributed by atoms with Crippen molar-refractivity contribution in [3.63, 3.8) is 0 Å². The standard InChI is InChI=1S/C17H17F2N3OS/c18-11-2-1-3-12(19)16(11)14-8-13(22-23-14)15-9-21-17(24-15)10-4-6-20-7-5-10/h1-3,9-10,14,20H,4-8H2. The van der Waals surface area contributed by atoms with Gasteiger partial charge in [-0.1, -0.05) is 11.2 Å². The molecule has 1 saturated heterocycles. The van der Waals surface area contributed by atoms with Crippen molar-refractivity contribution in [1.82, 2.24) is 10.3 Å². The van der Waals surface area contributed by atoms with Gasteiger partial charge in [0.1, 0.15) is 17.3 Å². The van der Waals surface area contributed by atoms with E-state index in [1.165, 1.54) is 18.2 Å². The zero-order valence-corrected chi connectivity index (χ0v) is 13.8. The van der Waals surface area contributed by atoms with Gasteiger partial charge in [0.05, 0.1) is 15.4 Å². The highest BCUT2D eigenvalue weighted by atomic mass is 32.1. The van der Waals surface area contributed by atoms with Crippen LogP contribution in [0.1, 0.15) is 46.7 Å². The van der Waals surface area contributed by atoms with Gasteiger partial charge in [-0.3, -0.25) is 0 Å². The second-order valence-corrected chi connectivity index (χ2v) is 7.12. The van der Waals surface area contributed by atoms with E-state index in [4.69, 9.17) is 4.84 Å². The Morgan fingerprint density at radius 1 is 1.17 bits per heavy atom. The van der Waals surface area contributed by atoms with E-state index in [9.17, 15) is 8.78 Å². The van der Waals surface area contributed by atoms with Crippen LogP contribution in [0.25, 0.3) is 0 Å². The monoisotopic (exact) mass is 349 g/mol. The van der Waals surface area contributed by atoms with Crippen LogP contribution in [0.4, 0.5) is 8.78 Å². The fourth-order valence-electron chi connectivity index (χ4n) is 3.17. The molecule has 1 aromatic heterocycles. The van der Waals surface area contributed by atoms with Crippen molar-refractivity contribution in [2.75, 3.05) is 13.1 Å². The molecule has 1 atom stereocenters. The number of oxime groups is 1. The minimum atomic E-state index is -0.717. The molecule has 1 aromatic carbocycles. The second kappa shape index (κ2) is 6.57. The van der Waals surface area contributed by atoms with Crippen LogP contribution < -0.4 is 5.32 Å². The van der Waals surface area contributed by atoms with Crippen molar-refractivity contribution < 1.29 is 13.6 Å². The fourth-order valence-corrected chi connectivity index (χ4v) is 4.25. The van der Waals surface area contributed by atoms with Crippen molar-refractivity contribution in [2.24, 2.45) is 5.16 Å². The van der Waals surface area contributed by atoms with Gasteiger partial charge in [0.25, 0.3) is 0 Å². The van der Waals surface area contributed by atoms with E-state index in [-0.39, 0.29) is 5.56 Å². The lowest BCUT2D eigenvalue weighted by Gasteiger charge is -2.20. The van der Waals surface area contributed by atoms with Crippen LogP contribution in [-0.2, 0) is 4.84 Å². The predicted molar refractivity (Wildman–Crippen MR) is 88.3 cm³/mol. The van der Waals surface area contributed by atoms with Gasteiger partial charge in [-0.25, -0.2) is 13.8 Å². The third kappa shape index (κ3) is 2.93. The normalized spacial score (nSPS) is 21.6. The first-order valence-corrected chi connectivity index (χ1v) is 8.87. The molecule has 1 N–H and O–H groups in total. The minimum Gasteiger partial charge on any atom is -0.387 e. The van der Waals surface area contributed by atoms with Crippen LogP contribution in [0.3, 0.4) is 0 Å². The van der Waals surface area contributed by atoms with Gasteiger partial charge < -0.3 is 10.2 Å². The molecule has 24 heavy (non-hydrogen) atoms. The summed E-state index contributed by atoms with van der Waals surface area (Å²) >= 11 is 1.61. The summed E-state index contributed by atoms with van der Waals surface area (Å²) in [4.78, 5) is 10.7. The summed E-state index contributed by atoms with van der Waals surface area (Å²) in [5, 5.41) is 8.50. The highest BCUT2D eigenvalue weighted by Crippen LogP contribution is 2.35. The topological polar surface area (TPSA) is 46.5 Å². The first-order chi connectivity index (χ1) is 11.7. The average Bonchev–Trinajstić information content (AvgIpc) is 3.25. The minimum absolute atomic E-state index is 0.0562. The third-order valence-electron chi connectivity index (χ3n) is 4.49. The lowest BCUT2D eigenvalue weighted by Crippen LogP contribution is -2.26. The lowest BCUT2D eigenvalue weighted by atomic mass is 9.99. The molecule has 0 radical (unpaired) electrons. The number of halogens is 2. The Balaban J connectivity index is 1.50. The van der Waals surface area contributed by atoms with Crippen LogP contribution in [0.15, 0.2) is 29.6 Å². The van der Waals surface area contributed by atoms with Gasteiger partial charge in [-0.2, -0.15) is 0 Å². The lowest BCUT2D eigenvalue weighted by molar-refractivity contribution is 0.0800. The van der Waals surface area contributed by atoms with Gasteiger partial charge in [0, 0.05) is 18.5 Å².